The van der Waals surface area contributed by atoms with Crippen LogP contribution < -0.4 is 5.32 Å². The Bertz CT molecular complexity index is 1070. The summed E-state index contributed by atoms with van der Waals surface area (Å²) in [6.07, 6.45) is 0. The molecule has 0 aromatic carbocycles. The van der Waals surface area contributed by atoms with E-state index in [4.69, 9.17) is 4.98 Å². The smallest absolute Gasteiger partial charge is 0.237 e. The van der Waals surface area contributed by atoms with Crippen LogP contribution >= 0.6 is 34.4 Å². The largest absolute Gasteiger partial charge is 0.332 e. The van der Waals surface area contributed by atoms with Crippen LogP contribution in [0.15, 0.2) is 40.2 Å². The van der Waals surface area contributed by atoms with Gasteiger partial charge in [-0.1, -0.05) is 23.9 Å². The van der Waals surface area contributed by atoms with Crippen LogP contribution in [0.2, 0.25) is 0 Å². The Morgan fingerprint density at radius 3 is 2.48 bits per heavy atom. The number of nitrogens with zero attached hydrogens (tertiary/aromatic N) is 3. The zero-order valence-corrected chi connectivity index (χ0v) is 19.0. The number of thioether (sulfide) groups is 1. The van der Waals surface area contributed by atoms with Crippen LogP contribution in [0.5, 0.6) is 0 Å². The van der Waals surface area contributed by atoms with Crippen LogP contribution in [-0.2, 0) is 11.8 Å². The van der Waals surface area contributed by atoms with E-state index in [-0.39, 0.29) is 11.2 Å². The number of hydrogen-bond acceptors (Lipinski definition) is 6. The van der Waals surface area contributed by atoms with Crippen LogP contribution in [0.3, 0.4) is 0 Å². The van der Waals surface area contributed by atoms with Crippen molar-refractivity contribution in [2.24, 2.45) is 7.05 Å². The Hall–Kier alpha value is -2.36. The van der Waals surface area contributed by atoms with E-state index in [9.17, 15) is 4.79 Å². The summed E-state index contributed by atoms with van der Waals surface area (Å²) >= 11 is 4.75. The summed E-state index contributed by atoms with van der Waals surface area (Å²) < 4.78 is 1.77. The second kappa shape index (κ2) is 8.17. The fraction of sp³-hybridized carbons (Fsp3) is 0.250. The molecule has 0 radical (unpaired) electrons. The highest BCUT2D eigenvalue weighted by Gasteiger charge is 2.22. The third-order valence-corrected chi connectivity index (χ3v) is 7.37. The third kappa shape index (κ3) is 4.03. The van der Waals surface area contributed by atoms with Crippen molar-refractivity contribution in [1.82, 2.24) is 19.7 Å². The van der Waals surface area contributed by atoms with Gasteiger partial charge in [-0.15, -0.1) is 22.7 Å². The first kappa shape index (κ1) is 19.9. The number of thiophene rings is 2. The molecule has 0 aliphatic heterocycles. The summed E-state index contributed by atoms with van der Waals surface area (Å²) in [5.74, 6) is -0.0686. The molecule has 0 saturated heterocycles. The minimum absolute atomic E-state index is 0.0686. The van der Waals surface area contributed by atoms with Crippen molar-refractivity contribution in [1.29, 1.82) is 0 Å². The van der Waals surface area contributed by atoms with E-state index in [1.807, 2.05) is 45.3 Å². The van der Waals surface area contributed by atoms with Gasteiger partial charge in [-0.05, 0) is 43.7 Å². The molecule has 29 heavy (non-hydrogen) atoms. The molecule has 2 N–H and O–H groups in total. The molecular weight excluding hydrogens is 422 g/mol. The van der Waals surface area contributed by atoms with Gasteiger partial charge in [0.25, 0.3) is 0 Å². The lowest BCUT2D eigenvalue weighted by molar-refractivity contribution is -0.115. The van der Waals surface area contributed by atoms with Crippen molar-refractivity contribution < 1.29 is 4.79 Å². The summed E-state index contributed by atoms with van der Waals surface area (Å²) in [7, 11) is 1.87. The zero-order valence-electron chi connectivity index (χ0n) is 16.5. The highest BCUT2D eigenvalue weighted by Crippen LogP contribution is 2.37. The quantitative estimate of drug-likeness (QED) is 0.395. The van der Waals surface area contributed by atoms with E-state index in [0.29, 0.717) is 0 Å². The van der Waals surface area contributed by atoms with Gasteiger partial charge in [0, 0.05) is 7.05 Å². The molecule has 4 aromatic heterocycles. The van der Waals surface area contributed by atoms with Gasteiger partial charge < -0.3 is 10.3 Å². The molecule has 0 saturated carbocycles. The maximum atomic E-state index is 12.8. The van der Waals surface area contributed by atoms with Gasteiger partial charge in [0.2, 0.25) is 5.91 Å². The van der Waals surface area contributed by atoms with Crippen molar-refractivity contribution >= 4 is 46.0 Å². The Morgan fingerprint density at radius 1 is 1.21 bits per heavy atom. The summed E-state index contributed by atoms with van der Waals surface area (Å²) in [5, 5.41) is 11.9. The Kier molecular flexibility index (Phi) is 5.62. The maximum absolute atomic E-state index is 12.8. The van der Waals surface area contributed by atoms with Crippen molar-refractivity contribution in [3.05, 3.63) is 46.4 Å². The van der Waals surface area contributed by atoms with Gasteiger partial charge in [-0.25, -0.2) is 4.98 Å². The number of aromatic nitrogens is 4. The molecule has 0 spiro atoms. The van der Waals surface area contributed by atoms with Gasteiger partial charge in [0.1, 0.15) is 5.69 Å². The van der Waals surface area contributed by atoms with E-state index >= 15 is 0 Å². The van der Waals surface area contributed by atoms with Crippen molar-refractivity contribution in [3.63, 3.8) is 0 Å². The lowest BCUT2D eigenvalue weighted by atomic mass is 10.2. The predicted molar refractivity (Wildman–Crippen MR) is 122 cm³/mol. The monoisotopic (exact) mass is 443 g/mol. The molecule has 0 aliphatic carbocycles. The Labute approximate surface area is 181 Å². The molecule has 4 rings (SSSR count). The highest BCUT2D eigenvalue weighted by molar-refractivity contribution is 8.00. The van der Waals surface area contributed by atoms with E-state index in [1.54, 1.807) is 27.4 Å². The van der Waals surface area contributed by atoms with E-state index in [1.165, 1.54) is 11.8 Å². The lowest BCUT2D eigenvalue weighted by Crippen LogP contribution is -2.23. The van der Waals surface area contributed by atoms with Crippen LogP contribution in [0.25, 0.3) is 21.1 Å². The number of hydrogen-bond donors (Lipinski definition) is 2. The molecule has 0 aliphatic rings. The highest BCUT2D eigenvalue weighted by atomic mass is 32.2. The van der Waals surface area contributed by atoms with E-state index in [0.717, 1.165) is 43.4 Å². The van der Waals surface area contributed by atoms with Gasteiger partial charge in [-0.2, -0.15) is 5.10 Å². The summed E-state index contributed by atoms with van der Waals surface area (Å²) in [5.41, 5.74) is 4.45. The first-order valence-corrected chi connectivity index (χ1v) is 11.7. The first-order valence-electron chi connectivity index (χ1n) is 9.09. The second-order valence-corrected chi connectivity index (χ2v) is 9.86. The van der Waals surface area contributed by atoms with Crippen LogP contribution in [0, 0.1) is 13.8 Å². The number of aryl methyl sites for hydroxylation is 2. The number of nitrogens with one attached hydrogen (secondary N) is 2. The minimum Gasteiger partial charge on any atom is -0.332 e. The van der Waals surface area contributed by atoms with Crippen LogP contribution in [0.1, 0.15) is 18.3 Å². The summed E-state index contributed by atoms with van der Waals surface area (Å²) in [6.45, 7) is 5.73. The first-order chi connectivity index (χ1) is 13.9. The van der Waals surface area contributed by atoms with Crippen molar-refractivity contribution in [3.8, 4) is 21.1 Å². The predicted octanol–water partition coefficient (Wildman–Crippen LogP) is 5.34. The third-order valence-electron chi connectivity index (χ3n) is 4.62. The number of carbonyl (C=O) groups excluding carboxylic acids is 1. The van der Waals surface area contributed by atoms with Gasteiger partial charge >= 0.3 is 0 Å². The molecule has 0 fully saturated rings. The number of H-pyrrole nitrogens is 1. The summed E-state index contributed by atoms with van der Waals surface area (Å²) in [6, 6.07) is 8.19. The van der Waals surface area contributed by atoms with E-state index in [2.05, 4.69) is 32.9 Å². The molecule has 1 atom stereocenters. The van der Waals surface area contributed by atoms with Crippen LogP contribution in [0.4, 0.5) is 5.69 Å². The molecule has 150 valence electrons. The molecular formula is C20H21N5OS3. The number of rotatable bonds is 6. The van der Waals surface area contributed by atoms with Crippen molar-refractivity contribution in [2.75, 3.05) is 5.32 Å². The fourth-order valence-electron chi connectivity index (χ4n) is 3.00. The molecule has 9 heteroatoms. The Balaban J connectivity index is 1.56. The minimum atomic E-state index is -0.312. The number of aromatic amines is 1. The maximum Gasteiger partial charge on any atom is 0.237 e. The number of carbonyl (C=O) groups is 1. The average molecular weight is 444 g/mol. The molecule has 0 bridgehead atoms. The summed E-state index contributed by atoms with van der Waals surface area (Å²) in [4.78, 5) is 23.2. The fourth-order valence-corrected chi connectivity index (χ4v) is 5.25. The van der Waals surface area contributed by atoms with E-state index < -0.39 is 0 Å². The standard InChI is InChI=1S/C20H21N5OS3/c1-11-16(12(2)25(4)24-11)21-19(26)13(3)29-20-22-17(14-7-5-9-27-14)18(23-20)15-8-6-10-28-15/h5-10,13H,1-4H3,(H,21,26)(H,22,23). The van der Waals surface area contributed by atoms with Crippen LogP contribution in [-0.4, -0.2) is 30.9 Å². The molecule has 6 nitrogen and oxygen atoms in total. The normalized spacial score (nSPS) is 12.3. The number of imidazole rings is 1. The average Bonchev–Trinajstić information content (AvgIpc) is 3.47. The lowest BCUT2D eigenvalue weighted by Gasteiger charge is -2.11. The Morgan fingerprint density at radius 2 is 1.90 bits per heavy atom. The topological polar surface area (TPSA) is 75.6 Å². The molecule has 4 aromatic rings. The van der Waals surface area contributed by atoms with Gasteiger partial charge in [0.15, 0.2) is 5.16 Å². The van der Waals surface area contributed by atoms with Gasteiger partial charge in [0.05, 0.1) is 37.8 Å². The zero-order chi connectivity index (χ0) is 20.5. The van der Waals surface area contributed by atoms with Gasteiger partial charge in [-0.3, -0.25) is 9.48 Å². The van der Waals surface area contributed by atoms with Crippen molar-refractivity contribution in [2.45, 2.75) is 31.2 Å². The molecule has 1 unspecified atom stereocenters. The molecule has 1 amide bonds. The SMILES string of the molecule is Cc1nn(C)c(C)c1NC(=O)C(C)Sc1nc(-c2cccs2)c(-c2cccs2)[nH]1. The number of anilines is 1. The second-order valence-electron chi connectivity index (χ2n) is 6.64. The molecule has 4 heterocycles. The number of amides is 1.